The number of nitrogens with one attached hydrogen (secondary N) is 1. The third-order valence-electron chi connectivity index (χ3n) is 2.61. The van der Waals surface area contributed by atoms with Gasteiger partial charge in [0.25, 0.3) is 0 Å². The normalized spacial score (nSPS) is 10.8. The number of carbonyl (C=O) groups is 1. The number of amides is 1. The molecule has 0 unspecified atom stereocenters. The number of phenols is 1. The first kappa shape index (κ1) is 15.6. The zero-order chi connectivity index (χ0) is 16.1. The maximum absolute atomic E-state index is 11.6. The van der Waals surface area contributed by atoms with Gasteiger partial charge in [0.1, 0.15) is 0 Å². The van der Waals surface area contributed by atoms with Crippen LogP contribution in [0.4, 0.5) is 5.69 Å². The van der Waals surface area contributed by atoms with Crippen molar-refractivity contribution >= 4 is 29.1 Å². The molecule has 9 heteroatoms. The van der Waals surface area contributed by atoms with Crippen LogP contribution in [0.15, 0.2) is 28.7 Å². The van der Waals surface area contributed by atoms with Crippen LogP contribution in [0.1, 0.15) is 16.3 Å². The minimum absolute atomic E-state index is 0.109. The summed E-state index contributed by atoms with van der Waals surface area (Å²) in [4.78, 5) is 25.8. The highest BCUT2D eigenvalue weighted by Gasteiger charge is 2.12. The van der Waals surface area contributed by atoms with E-state index in [1.54, 1.807) is 5.38 Å². The summed E-state index contributed by atoms with van der Waals surface area (Å²) in [5, 5.41) is 26.4. The number of benzene rings is 1. The number of hydrazone groups is 1. The van der Waals surface area contributed by atoms with E-state index in [1.165, 1.54) is 29.7 Å². The molecule has 0 saturated heterocycles. The second-order valence-electron chi connectivity index (χ2n) is 4.33. The summed E-state index contributed by atoms with van der Waals surface area (Å²) in [6.07, 6.45) is 1.37. The molecule has 0 aliphatic rings. The van der Waals surface area contributed by atoms with Gasteiger partial charge in [-0.25, -0.2) is 10.4 Å². The van der Waals surface area contributed by atoms with Gasteiger partial charge in [0.05, 0.1) is 28.3 Å². The Balaban J connectivity index is 1.96. The fraction of sp³-hybridized carbons (Fsp3) is 0.154. The number of carbonyl (C=O) groups excluding carboxylic acids is 1. The van der Waals surface area contributed by atoms with Crippen LogP contribution in [-0.2, 0) is 11.2 Å². The average Bonchev–Trinajstić information content (AvgIpc) is 2.85. The van der Waals surface area contributed by atoms with Gasteiger partial charge in [-0.3, -0.25) is 14.9 Å². The van der Waals surface area contributed by atoms with E-state index in [0.717, 1.165) is 11.1 Å². The summed E-state index contributed by atoms with van der Waals surface area (Å²) in [5.41, 5.74) is 2.94. The molecule has 8 nitrogen and oxygen atoms in total. The monoisotopic (exact) mass is 320 g/mol. The molecular weight excluding hydrogens is 308 g/mol. The van der Waals surface area contributed by atoms with Crippen molar-refractivity contribution in [2.24, 2.45) is 5.10 Å². The molecule has 1 amide bonds. The summed E-state index contributed by atoms with van der Waals surface area (Å²) in [6, 6.07) is 3.80. The summed E-state index contributed by atoms with van der Waals surface area (Å²) in [7, 11) is 0. The Morgan fingerprint density at radius 2 is 2.36 bits per heavy atom. The number of nitro benzene ring substituents is 1. The number of rotatable bonds is 5. The molecule has 1 heterocycles. The fourth-order valence-electron chi connectivity index (χ4n) is 1.64. The lowest BCUT2D eigenvalue weighted by Gasteiger charge is -1.98. The van der Waals surface area contributed by atoms with Crippen LogP contribution in [0.5, 0.6) is 5.75 Å². The van der Waals surface area contributed by atoms with Gasteiger partial charge >= 0.3 is 5.69 Å². The van der Waals surface area contributed by atoms with E-state index in [0.29, 0.717) is 11.3 Å². The fourth-order valence-corrected chi connectivity index (χ4v) is 2.25. The van der Waals surface area contributed by atoms with Crippen molar-refractivity contribution in [3.8, 4) is 5.75 Å². The number of nitrogens with zero attached hydrogens (tertiary/aromatic N) is 3. The predicted molar refractivity (Wildman–Crippen MR) is 81.1 cm³/mol. The number of aromatic nitrogens is 1. The number of hydrogen-bond donors (Lipinski definition) is 2. The van der Waals surface area contributed by atoms with Crippen LogP contribution < -0.4 is 5.43 Å². The molecule has 1 aromatic carbocycles. The van der Waals surface area contributed by atoms with Crippen molar-refractivity contribution in [3.05, 3.63) is 50.0 Å². The van der Waals surface area contributed by atoms with Crippen molar-refractivity contribution in [1.29, 1.82) is 0 Å². The van der Waals surface area contributed by atoms with Crippen molar-refractivity contribution in [2.75, 3.05) is 0 Å². The van der Waals surface area contributed by atoms with E-state index in [9.17, 15) is 20.0 Å². The highest BCUT2D eigenvalue weighted by Crippen LogP contribution is 2.25. The van der Waals surface area contributed by atoms with E-state index >= 15 is 0 Å². The molecule has 2 rings (SSSR count). The quantitative estimate of drug-likeness (QED) is 0.494. The smallest absolute Gasteiger partial charge is 0.311 e. The number of phenolic OH excluding ortho intramolecular Hbond substituents is 1. The first-order valence-corrected chi connectivity index (χ1v) is 7.04. The molecule has 1 aromatic heterocycles. The average molecular weight is 320 g/mol. The third-order valence-corrected chi connectivity index (χ3v) is 3.43. The van der Waals surface area contributed by atoms with Gasteiger partial charge in [0.15, 0.2) is 5.75 Å². The van der Waals surface area contributed by atoms with Gasteiger partial charge in [-0.1, -0.05) is 0 Å². The molecular formula is C13H12N4O4S. The Bertz CT molecular complexity index is 741. The first-order chi connectivity index (χ1) is 10.5. The Morgan fingerprint density at radius 1 is 1.59 bits per heavy atom. The lowest BCUT2D eigenvalue weighted by atomic mass is 10.2. The molecule has 0 atom stereocenters. The zero-order valence-electron chi connectivity index (χ0n) is 11.5. The Kier molecular flexibility index (Phi) is 4.79. The van der Waals surface area contributed by atoms with Crippen LogP contribution in [0.2, 0.25) is 0 Å². The highest BCUT2D eigenvalue weighted by molar-refractivity contribution is 7.09. The minimum Gasteiger partial charge on any atom is -0.502 e. The van der Waals surface area contributed by atoms with E-state index in [4.69, 9.17) is 0 Å². The molecule has 0 aliphatic carbocycles. The number of thiazole rings is 1. The maximum Gasteiger partial charge on any atom is 0.311 e. The van der Waals surface area contributed by atoms with Crippen molar-refractivity contribution in [2.45, 2.75) is 13.3 Å². The summed E-state index contributed by atoms with van der Waals surface area (Å²) < 4.78 is 0. The lowest BCUT2D eigenvalue weighted by Crippen LogP contribution is -2.19. The molecule has 114 valence electrons. The SMILES string of the molecule is Cc1nc(CC(=O)N/N=C/c2ccc(O)c([N+](=O)[O-])c2)cs1. The van der Waals surface area contributed by atoms with Crippen LogP contribution >= 0.6 is 11.3 Å². The van der Waals surface area contributed by atoms with Crippen molar-refractivity contribution < 1.29 is 14.8 Å². The minimum atomic E-state index is -0.699. The molecule has 0 fully saturated rings. The van der Waals surface area contributed by atoms with E-state index in [-0.39, 0.29) is 12.3 Å². The highest BCUT2D eigenvalue weighted by atomic mass is 32.1. The largest absolute Gasteiger partial charge is 0.502 e. The molecule has 0 radical (unpaired) electrons. The zero-order valence-corrected chi connectivity index (χ0v) is 12.3. The predicted octanol–water partition coefficient (Wildman–Crippen LogP) is 1.76. The molecule has 0 saturated carbocycles. The van der Waals surface area contributed by atoms with Crippen molar-refractivity contribution in [1.82, 2.24) is 10.4 Å². The molecule has 0 aliphatic heterocycles. The van der Waals surface area contributed by atoms with Gasteiger partial charge in [-0.2, -0.15) is 5.10 Å². The van der Waals surface area contributed by atoms with Gasteiger partial charge in [0, 0.05) is 17.0 Å². The van der Waals surface area contributed by atoms with Gasteiger partial charge in [0.2, 0.25) is 5.91 Å². The Morgan fingerprint density at radius 3 is 3.00 bits per heavy atom. The molecule has 2 N–H and O–H groups in total. The Hall–Kier alpha value is -2.81. The number of aryl methyl sites for hydroxylation is 1. The standard InChI is InChI=1S/C13H12N4O4S/c1-8-15-10(7-22-8)5-13(19)16-14-6-9-2-3-12(18)11(4-9)17(20)21/h2-4,6-7,18H,5H2,1H3,(H,16,19)/b14-6+. The van der Waals surface area contributed by atoms with Gasteiger partial charge < -0.3 is 5.11 Å². The van der Waals surface area contributed by atoms with Gasteiger partial charge in [-0.05, 0) is 19.1 Å². The van der Waals surface area contributed by atoms with E-state index < -0.39 is 16.4 Å². The topological polar surface area (TPSA) is 118 Å². The summed E-state index contributed by atoms with van der Waals surface area (Å²) in [5.74, 6) is -0.764. The van der Waals surface area contributed by atoms with Crippen molar-refractivity contribution in [3.63, 3.8) is 0 Å². The summed E-state index contributed by atoms with van der Waals surface area (Å²) in [6.45, 7) is 1.85. The number of nitro groups is 1. The molecule has 0 spiro atoms. The lowest BCUT2D eigenvalue weighted by molar-refractivity contribution is -0.385. The van der Waals surface area contributed by atoms with Crippen LogP contribution in [-0.4, -0.2) is 27.1 Å². The maximum atomic E-state index is 11.6. The second kappa shape index (κ2) is 6.76. The third kappa shape index (κ3) is 4.09. The molecule has 0 bridgehead atoms. The van der Waals surface area contributed by atoms with E-state index in [1.807, 2.05) is 6.92 Å². The van der Waals surface area contributed by atoms with E-state index in [2.05, 4.69) is 15.5 Å². The molecule has 2 aromatic rings. The van der Waals surface area contributed by atoms with Crippen LogP contribution in [0.3, 0.4) is 0 Å². The second-order valence-corrected chi connectivity index (χ2v) is 5.40. The molecule has 22 heavy (non-hydrogen) atoms. The summed E-state index contributed by atoms with van der Waals surface area (Å²) >= 11 is 1.46. The number of aromatic hydroxyl groups is 1. The van der Waals surface area contributed by atoms with Gasteiger partial charge in [-0.15, -0.1) is 11.3 Å². The first-order valence-electron chi connectivity index (χ1n) is 6.16. The number of hydrogen-bond acceptors (Lipinski definition) is 7. The Labute approximate surface area is 129 Å². The van der Waals surface area contributed by atoms with Crippen LogP contribution in [0, 0.1) is 17.0 Å². The van der Waals surface area contributed by atoms with Crippen LogP contribution in [0.25, 0.3) is 0 Å².